The Bertz CT molecular complexity index is 1040. The predicted molar refractivity (Wildman–Crippen MR) is 137 cm³/mol. The lowest BCUT2D eigenvalue weighted by atomic mass is 10.1. The van der Waals surface area contributed by atoms with Crippen molar-refractivity contribution < 1.29 is 4.79 Å². The maximum Gasteiger partial charge on any atom is 0.254 e. The molecule has 8 heteroatoms. The van der Waals surface area contributed by atoms with E-state index in [1.54, 1.807) is 6.07 Å². The Balaban J connectivity index is 1.67. The summed E-state index contributed by atoms with van der Waals surface area (Å²) in [6.45, 7) is 2.06. The van der Waals surface area contributed by atoms with Gasteiger partial charge in [-0.25, -0.2) is 9.97 Å². The molecule has 0 aliphatic carbocycles. The molecule has 33 heavy (non-hydrogen) atoms. The van der Waals surface area contributed by atoms with Crippen LogP contribution in [0.15, 0.2) is 65.8 Å². The van der Waals surface area contributed by atoms with Crippen LogP contribution < -0.4 is 4.90 Å². The topological polar surface area (TPSA) is 52.6 Å². The molecule has 0 unspecified atom stereocenters. The monoisotopic (exact) mass is 483 g/mol. The number of benzene rings is 2. The van der Waals surface area contributed by atoms with Gasteiger partial charge < -0.3 is 14.7 Å². The summed E-state index contributed by atoms with van der Waals surface area (Å²) in [4.78, 5) is 28.0. The molecule has 1 amide bonds. The largest absolute Gasteiger partial charge is 0.363 e. The van der Waals surface area contributed by atoms with E-state index in [-0.39, 0.29) is 5.91 Å². The second-order valence-corrected chi connectivity index (χ2v) is 9.56. The zero-order valence-electron chi connectivity index (χ0n) is 19.5. The average Bonchev–Trinajstić information content (AvgIpc) is 2.80. The number of nitrogens with zero attached hydrogens (tertiary/aromatic N) is 5. The third-order valence-electron chi connectivity index (χ3n) is 5.01. The zero-order chi connectivity index (χ0) is 23.8. The van der Waals surface area contributed by atoms with E-state index in [9.17, 15) is 4.79 Å². The van der Waals surface area contributed by atoms with Gasteiger partial charge in [-0.15, -0.1) is 0 Å². The lowest BCUT2D eigenvalue weighted by Gasteiger charge is -2.25. The first-order valence-electron chi connectivity index (χ1n) is 10.7. The van der Waals surface area contributed by atoms with Crippen LogP contribution >= 0.6 is 23.4 Å². The molecule has 6 nitrogen and oxygen atoms in total. The van der Waals surface area contributed by atoms with E-state index in [1.807, 2.05) is 80.5 Å². The van der Waals surface area contributed by atoms with Gasteiger partial charge in [0.25, 0.3) is 5.91 Å². The van der Waals surface area contributed by atoms with Gasteiger partial charge in [0, 0.05) is 51.1 Å². The van der Waals surface area contributed by atoms with Gasteiger partial charge in [-0.3, -0.25) is 4.79 Å². The Labute approximate surface area is 205 Å². The van der Waals surface area contributed by atoms with Crippen LogP contribution in [0.25, 0.3) is 0 Å². The van der Waals surface area contributed by atoms with E-state index >= 15 is 0 Å². The number of rotatable bonds is 10. The van der Waals surface area contributed by atoms with Gasteiger partial charge in [0.2, 0.25) is 0 Å². The van der Waals surface area contributed by atoms with Crippen molar-refractivity contribution in [3.63, 3.8) is 0 Å². The van der Waals surface area contributed by atoms with Crippen molar-refractivity contribution in [1.82, 2.24) is 19.8 Å². The van der Waals surface area contributed by atoms with Crippen molar-refractivity contribution in [2.24, 2.45) is 0 Å². The highest BCUT2D eigenvalue weighted by atomic mass is 35.5. The number of aromatic nitrogens is 2. The van der Waals surface area contributed by atoms with E-state index in [4.69, 9.17) is 11.6 Å². The number of likely N-dealkylation sites (N-methyl/N-ethyl adjacent to an activating group) is 1. The normalized spacial score (nSPS) is 11.0. The summed E-state index contributed by atoms with van der Waals surface area (Å²) < 4.78 is 0. The SMILES string of the molecule is CN(C)CCN(Cc1ccccc1)C(=O)c1ccc(CSc2nc(Cl)cc(N(C)C)n2)cc1. The molecular formula is C25H30ClN5OS. The molecule has 3 aromatic rings. The van der Waals surface area contributed by atoms with Gasteiger partial charge in [0.1, 0.15) is 11.0 Å². The van der Waals surface area contributed by atoms with Gasteiger partial charge in [-0.1, -0.05) is 65.8 Å². The van der Waals surface area contributed by atoms with Crippen molar-refractivity contribution in [3.05, 3.63) is 82.5 Å². The fourth-order valence-corrected chi connectivity index (χ4v) is 4.17. The molecule has 3 rings (SSSR count). The number of halogens is 1. The molecule has 0 radical (unpaired) electrons. The smallest absolute Gasteiger partial charge is 0.254 e. The molecule has 0 saturated heterocycles. The minimum absolute atomic E-state index is 0.0358. The van der Waals surface area contributed by atoms with Crippen LogP contribution in [0.3, 0.4) is 0 Å². The van der Waals surface area contributed by atoms with Crippen LogP contribution in [0.5, 0.6) is 0 Å². The Morgan fingerprint density at radius 3 is 2.24 bits per heavy atom. The molecule has 0 aliphatic heterocycles. The summed E-state index contributed by atoms with van der Waals surface area (Å²) >= 11 is 7.65. The van der Waals surface area contributed by atoms with Crippen LogP contribution in [-0.4, -0.2) is 67.0 Å². The lowest BCUT2D eigenvalue weighted by molar-refractivity contribution is 0.0732. The Kier molecular flexibility index (Phi) is 9.11. The number of thioether (sulfide) groups is 1. The van der Waals surface area contributed by atoms with E-state index in [1.165, 1.54) is 11.8 Å². The highest BCUT2D eigenvalue weighted by Crippen LogP contribution is 2.24. The molecule has 2 aromatic carbocycles. The molecule has 0 fully saturated rings. The molecule has 1 aromatic heterocycles. The second-order valence-electron chi connectivity index (χ2n) is 8.23. The number of hydrogen-bond donors (Lipinski definition) is 0. The number of carbonyl (C=O) groups excluding carboxylic acids is 1. The number of hydrogen-bond acceptors (Lipinski definition) is 6. The van der Waals surface area contributed by atoms with Gasteiger partial charge in [0.05, 0.1) is 0 Å². The number of amides is 1. The van der Waals surface area contributed by atoms with Crippen molar-refractivity contribution in [1.29, 1.82) is 0 Å². The first-order valence-corrected chi connectivity index (χ1v) is 12.1. The van der Waals surface area contributed by atoms with E-state index in [0.29, 0.717) is 34.7 Å². The van der Waals surface area contributed by atoms with E-state index in [2.05, 4.69) is 27.0 Å². The quantitative estimate of drug-likeness (QED) is 0.237. The van der Waals surface area contributed by atoms with Crippen LogP contribution in [0.1, 0.15) is 21.5 Å². The average molecular weight is 484 g/mol. The summed E-state index contributed by atoms with van der Waals surface area (Å²) in [6.07, 6.45) is 0. The fourth-order valence-electron chi connectivity index (χ4n) is 3.13. The molecule has 0 N–H and O–H groups in total. The van der Waals surface area contributed by atoms with Crippen molar-refractivity contribution in [2.45, 2.75) is 17.5 Å². The molecule has 0 bridgehead atoms. The maximum absolute atomic E-state index is 13.3. The molecule has 0 spiro atoms. The summed E-state index contributed by atoms with van der Waals surface area (Å²) in [5.41, 5.74) is 2.90. The molecular weight excluding hydrogens is 454 g/mol. The van der Waals surface area contributed by atoms with E-state index < -0.39 is 0 Å². The molecule has 174 valence electrons. The standard InChI is InChI=1S/C25H30ClN5OS/c1-29(2)14-15-31(17-19-8-6-5-7-9-19)24(32)21-12-10-20(11-13-21)18-33-25-27-22(26)16-23(28-25)30(3)4/h5-13,16H,14-15,17-18H2,1-4H3. The lowest BCUT2D eigenvalue weighted by Crippen LogP contribution is -2.36. The van der Waals surface area contributed by atoms with Gasteiger partial charge >= 0.3 is 0 Å². The summed E-state index contributed by atoms with van der Waals surface area (Å²) in [7, 11) is 7.87. The van der Waals surface area contributed by atoms with Crippen molar-refractivity contribution in [3.8, 4) is 0 Å². The van der Waals surface area contributed by atoms with Gasteiger partial charge in [-0.2, -0.15) is 0 Å². The molecule has 1 heterocycles. The molecule has 0 saturated carbocycles. The molecule has 0 aliphatic rings. The number of anilines is 1. The van der Waals surface area contributed by atoms with Crippen LogP contribution in [0.2, 0.25) is 5.15 Å². The van der Waals surface area contributed by atoms with Crippen LogP contribution in [0, 0.1) is 0 Å². The first-order chi connectivity index (χ1) is 15.8. The van der Waals surface area contributed by atoms with Crippen LogP contribution in [0.4, 0.5) is 5.82 Å². The first kappa shape index (κ1) is 25.0. The summed E-state index contributed by atoms with van der Waals surface area (Å²) in [6, 6.07) is 19.6. The predicted octanol–water partition coefficient (Wildman–Crippen LogP) is 4.69. The number of carbonyl (C=O) groups is 1. The van der Waals surface area contributed by atoms with Crippen molar-refractivity contribution in [2.75, 3.05) is 46.2 Å². The third kappa shape index (κ3) is 7.74. The highest BCUT2D eigenvalue weighted by Gasteiger charge is 2.16. The van der Waals surface area contributed by atoms with Crippen LogP contribution in [-0.2, 0) is 12.3 Å². The summed E-state index contributed by atoms with van der Waals surface area (Å²) in [5.74, 6) is 1.50. The van der Waals surface area contributed by atoms with Crippen molar-refractivity contribution >= 4 is 35.1 Å². The second kappa shape index (κ2) is 12.0. The van der Waals surface area contributed by atoms with Gasteiger partial charge in [0.15, 0.2) is 5.16 Å². The van der Waals surface area contributed by atoms with Gasteiger partial charge in [-0.05, 0) is 37.4 Å². The minimum atomic E-state index is 0.0358. The Morgan fingerprint density at radius 1 is 0.909 bits per heavy atom. The third-order valence-corrected chi connectivity index (χ3v) is 6.12. The zero-order valence-corrected chi connectivity index (χ0v) is 21.1. The fraction of sp³-hybridized carbons (Fsp3) is 0.320. The molecule has 0 atom stereocenters. The Morgan fingerprint density at radius 2 is 1.61 bits per heavy atom. The maximum atomic E-state index is 13.3. The minimum Gasteiger partial charge on any atom is -0.363 e. The Hall–Kier alpha value is -2.61. The highest BCUT2D eigenvalue weighted by molar-refractivity contribution is 7.98. The van der Waals surface area contributed by atoms with E-state index in [0.717, 1.165) is 23.5 Å². The summed E-state index contributed by atoms with van der Waals surface area (Å²) in [5, 5.41) is 1.05.